The van der Waals surface area contributed by atoms with Gasteiger partial charge in [0.2, 0.25) is 5.91 Å². The van der Waals surface area contributed by atoms with Crippen LogP contribution in [0.25, 0.3) is 0 Å². The number of anilines is 1. The molecule has 120 valence electrons. The lowest BCUT2D eigenvalue weighted by atomic mass is 10.3. The molecule has 0 radical (unpaired) electrons. The first-order valence-corrected chi connectivity index (χ1v) is 8.74. The zero-order valence-electron chi connectivity index (χ0n) is 11.7. The van der Waals surface area contributed by atoms with Crippen LogP contribution in [-0.2, 0) is 16.3 Å². The molecular formula is C14H11F2N3O2S2. The largest absolute Gasteiger partial charge is 0.323 e. The molecular weight excluding hydrogens is 344 g/mol. The average Bonchev–Trinajstić information content (AvgIpc) is 2.98. The fourth-order valence-electron chi connectivity index (χ4n) is 2.02. The molecule has 0 fully saturated rings. The highest BCUT2D eigenvalue weighted by Crippen LogP contribution is 2.26. The van der Waals surface area contributed by atoms with Gasteiger partial charge < -0.3 is 10.3 Å². The van der Waals surface area contributed by atoms with E-state index in [0.717, 1.165) is 35.7 Å². The van der Waals surface area contributed by atoms with Gasteiger partial charge in [0.1, 0.15) is 11.6 Å². The van der Waals surface area contributed by atoms with Crippen LogP contribution in [0.5, 0.6) is 0 Å². The highest BCUT2D eigenvalue weighted by atomic mass is 32.2. The number of hydrogen-bond acceptors (Lipinski definition) is 5. The van der Waals surface area contributed by atoms with Crippen molar-refractivity contribution in [1.82, 2.24) is 9.97 Å². The van der Waals surface area contributed by atoms with E-state index in [9.17, 15) is 18.4 Å². The Kier molecular flexibility index (Phi) is 4.67. The number of fused-ring (bicyclic) bond motifs is 1. The number of carbonyl (C=O) groups is 1. The van der Waals surface area contributed by atoms with Crippen LogP contribution in [0.4, 0.5) is 14.5 Å². The number of halogens is 2. The normalized spacial score (nSPS) is 13.0. The summed E-state index contributed by atoms with van der Waals surface area (Å²) < 4.78 is 26.5. The summed E-state index contributed by atoms with van der Waals surface area (Å²) in [6.45, 7) is 0. The number of carbonyl (C=O) groups excluding carboxylic acids is 1. The van der Waals surface area contributed by atoms with E-state index in [1.807, 2.05) is 0 Å². The fourth-order valence-corrected chi connectivity index (χ4v) is 3.74. The van der Waals surface area contributed by atoms with Crippen LogP contribution >= 0.6 is 23.5 Å². The third kappa shape index (κ3) is 3.73. The second kappa shape index (κ2) is 6.71. The molecule has 0 bridgehead atoms. The minimum absolute atomic E-state index is 0.0785. The summed E-state index contributed by atoms with van der Waals surface area (Å²) >= 11 is 2.64. The van der Waals surface area contributed by atoms with Crippen molar-refractivity contribution in [3.63, 3.8) is 0 Å². The van der Waals surface area contributed by atoms with Gasteiger partial charge in [0.25, 0.3) is 5.56 Å². The van der Waals surface area contributed by atoms with Crippen LogP contribution in [0.2, 0.25) is 0 Å². The Labute approximate surface area is 138 Å². The number of nitrogens with zero attached hydrogens (tertiary/aromatic N) is 1. The molecule has 0 aliphatic carbocycles. The predicted octanol–water partition coefficient (Wildman–Crippen LogP) is 2.53. The van der Waals surface area contributed by atoms with Crippen LogP contribution in [-0.4, -0.2) is 21.6 Å². The van der Waals surface area contributed by atoms with E-state index in [4.69, 9.17) is 0 Å². The third-order valence-electron chi connectivity index (χ3n) is 3.11. The minimum atomic E-state index is -0.717. The molecule has 0 saturated heterocycles. The maximum absolute atomic E-state index is 13.4. The van der Waals surface area contributed by atoms with E-state index in [2.05, 4.69) is 15.3 Å². The van der Waals surface area contributed by atoms with Crippen LogP contribution < -0.4 is 10.9 Å². The third-order valence-corrected chi connectivity index (χ3v) is 4.95. The average molecular weight is 355 g/mol. The van der Waals surface area contributed by atoms with Gasteiger partial charge in [-0.15, -0.1) is 0 Å². The van der Waals surface area contributed by atoms with Gasteiger partial charge in [-0.3, -0.25) is 9.59 Å². The lowest BCUT2D eigenvalue weighted by Crippen LogP contribution is -2.18. The predicted molar refractivity (Wildman–Crippen MR) is 85.6 cm³/mol. The van der Waals surface area contributed by atoms with Crippen molar-refractivity contribution in [3.05, 3.63) is 51.4 Å². The smallest absolute Gasteiger partial charge is 0.255 e. The molecule has 0 atom stereocenters. The Bertz CT molecular complexity index is 826. The number of aromatic amines is 1. The number of nitrogens with one attached hydrogen (secondary N) is 2. The molecule has 9 heteroatoms. The van der Waals surface area contributed by atoms with E-state index in [1.54, 1.807) is 11.8 Å². The lowest BCUT2D eigenvalue weighted by molar-refractivity contribution is -0.113. The van der Waals surface area contributed by atoms with Crippen LogP contribution in [0.15, 0.2) is 28.2 Å². The van der Waals surface area contributed by atoms with Crippen LogP contribution in [0.1, 0.15) is 11.3 Å². The number of rotatable bonds is 4. The summed E-state index contributed by atoms with van der Waals surface area (Å²) in [5.41, 5.74) is 0.991. The SMILES string of the molecule is O=C(CSc1nc2c(c(=O)[nH]1)CSC2)Nc1cc(F)ccc1F. The molecule has 2 aromatic rings. The number of benzene rings is 1. The van der Waals surface area contributed by atoms with Crippen molar-refractivity contribution in [2.24, 2.45) is 0 Å². The van der Waals surface area contributed by atoms with E-state index >= 15 is 0 Å². The molecule has 1 aliphatic heterocycles. The Morgan fingerprint density at radius 3 is 3.04 bits per heavy atom. The van der Waals surface area contributed by atoms with Gasteiger partial charge in [0.15, 0.2) is 5.16 Å². The first-order valence-electron chi connectivity index (χ1n) is 6.60. The Balaban J connectivity index is 1.64. The van der Waals surface area contributed by atoms with Gasteiger partial charge in [-0.2, -0.15) is 11.8 Å². The lowest BCUT2D eigenvalue weighted by Gasteiger charge is -2.06. The minimum Gasteiger partial charge on any atom is -0.323 e. The van der Waals surface area contributed by atoms with Crippen molar-refractivity contribution in [2.45, 2.75) is 16.7 Å². The zero-order valence-corrected chi connectivity index (χ0v) is 13.3. The molecule has 1 aromatic heterocycles. The van der Waals surface area contributed by atoms with Gasteiger partial charge in [-0.05, 0) is 12.1 Å². The maximum atomic E-state index is 13.4. The summed E-state index contributed by atoms with van der Waals surface area (Å²) in [4.78, 5) is 30.6. The fraction of sp³-hybridized carbons (Fsp3) is 0.214. The van der Waals surface area contributed by atoms with Crippen molar-refractivity contribution in [1.29, 1.82) is 0 Å². The van der Waals surface area contributed by atoms with Crippen LogP contribution in [0, 0.1) is 11.6 Å². The molecule has 23 heavy (non-hydrogen) atoms. The van der Waals surface area contributed by atoms with Gasteiger partial charge >= 0.3 is 0 Å². The Morgan fingerprint density at radius 1 is 1.39 bits per heavy atom. The summed E-state index contributed by atoms with van der Waals surface area (Å²) in [5.74, 6) is -0.639. The van der Waals surface area contributed by atoms with E-state index < -0.39 is 17.5 Å². The molecule has 0 spiro atoms. The molecule has 1 aromatic carbocycles. The second-order valence-electron chi connectivity index (χ2n) is 4.75. The molecule has 0 unspecified atom stereocenters. The van der Waals surface area contributed by atoms with Crippen LogP contribution in [0.3, 0.4) is 0 Å². The Morgan fingerprint density at radius 2 is 2.22 bits per heavy atom. The highest BCUT2D eigenvalue weighted by molar-refractivity contribution is 7.99. The standard InChI is InChI=1S/C14H11F2N3O2S2/c15-7-1-2-9(16)10(3-7)17-12(20)6-23-14-18-11-5-22-4-8(11)13(21)19-14/h1-3H,4-6H2,(H,17,20)(H,18,19,21). The first kappa shape index (κ1) is 16.0. The van der Waals surface area contributed by atoms with Crippen molar-refractivity contribution in [3.8, 4) is 0 Å². The zero-order chi connectivity index (χ0) is 16.4. The summed E-state index contributed by atoms with van der Waals surface area (Å²) in [6, 6.07) is 2.82. The van der Waals surface area contributed by atoms with Gasteiger partial charge in [-0.25, -0.2) is 13.8 Å². The summed E-state index contributed by atoms with van der Waals surface area (Å²) in [7, 11) is 0. The van der Waals surface area contributed by atoms with Gasteiger partial charge in [0.05, 0.1) is 17.1 Å². The molecule has 5 nitrogen and oxygen atoms in total. The number of hydrogen-bond donors (Lipinski definition) is 2. The van der Waals surface area contributed by atoms with Crippen molar-refractivity contribution < 1.29 is 13.6 Å². The maximum Gasteiger partial charge on any atom is 0.255 e. The number of aromatic nitrogens is 2. The van der Waals surface area contributed by atoms with Crippen molar-refractivity contribution in [2.75, 3.05) is 11.1 Å². The summed E-state index contributed by atoms with van der Waals surface area (Å²) in [6.07, 6.45) is 0. The topological polar surface area (TPSA) is 74.8 Å². The molecule has 1 aliphatic rings. The molecule has 2 heterocycles. The second-order valence-corrected chi connectivity index (χ2v) is 6.70. The number of amides is 1. The van der Waals surface area contributed by atoms with Gasteiger partial charge in [0, 0.05) is 23.1 Å². The van der Waals surface area contributed by atoms with E-state index in [0.29, 0.717) is 22.2 Å². The molecule has 3 rings (SSSR count). The molecule has 1 amide bonds. The quantitative estimate of drug-likeness (QED) is 0.651. The monoisotopic (exact) mass is 355 g/mol. The number of H-pyrrole nitrogens is 1. The van der Waals surface area contributed by atoms with E-state index in [1.165, 1.54) is 0 Å². The Hall–Kier alpha value is -1.87. The number of thioether (sulfide) groups is 2. The van der Waals surface area contributed by atoms with Gasteiger partial charge in [-0.1, -0.05) is 11.8 Å². The van der Waals surface area contributed by atoms with Crippen molar-refractivity contribution >= 4 is 35.1 Å². The highest BCUT2D eigenvalue weighted by Gasteiger charge is 2.18. The van der Waals surface area contributed by atoms with E-state index in [-0.39, 0.29) is 17.0 Å². The molecule has 0 saturated carbocycles. The summed E-state index contributed by atoms with van der Waals surface area (Å²) in [5, 5.41) is 2.63. The molecule has 2 N–H and O–H groups in total. The first-order chi connectivity index (χ1) is 11.0.